The molecule has 3 N–H and O–H groups in total. The van der Waals surface area contributed by atoms with Gasteiger partial charge in [0.15, 0.2) is 5.13 Å². The largest absolute Gasteiger partial charge is 0.320 e. The number of anilines is 1. The number of hydrogen-bond acceptors (Lipinski definition) is 4. The van der Waals surface area contributed by atoms with Gasteiger partial charge in [0.1, 0.15) is 0 Å². The summed E-state index contributed by atoms with van der Waals surface area (Å²) in [6.07, 6.45) is 3.24. The number of rotatable bonds is 4. The van der Waals surface area contributed by atoms with Crippen molar-refractivity contribution in [3.05, 3.63) is 9.98 Å². The van der Waals surface area contributed by atoms with Gasteiger partial charge in [0.05, 0.1) is 16.0 Å². The van der Waals surface area contributed by atoms with Crippen LogP contribution >= 0.6 is 27.3 Å². The van der Waals surface area contributed by atoms with E-state index in [-0.39, 0.29) is 5.91 Å². The van der Waals surface area contributed by atoms with Gasteiger partial charge in [-0.05, 0) is 22.4 Å². The van der Waals surface area contributed by atoms with E-state index in [9.17, 15) is 4.79 Å². The van der Waals surface area contributed by atoms with Gasteiger partial charge < -0.3 is 11.1 Å². The van der Waals surface area contributed by atoms with Gasteiger partial charge in [-0.15, -0.1) is 0 Å². The maximum atomic E-state index is 11.4. The minimum absolute atomic E-state index is 0.172. The van der Waals surface area contributed by atoms with Crippen LogP contribution in [0.1, 0.15) is 19.8 Å². The quantitative estimate of drug-likeness (QED) is 0.884. The van der Waals surface area contributed by atoms with Gasteiger partial charge in [-0.1, -0.05) is 24.7 Å². The van der Waals surface area contributed by atoms with Crippen molar-refractivity contribution in [3.8, 4) is 0 Å². The van der Waals surface area contributed by atoms with E-state index >= 15 is 0 Å². The fraction of sp³-hybridized carbons (Fsp3) is 0.500. The monoisotopic (exact) mass is 277 g/mol. The number of hydrogen-bond donors (Lipinski definition) is 2. The van der Waals surface area contributed by atoms with Crippen molar-refractivity contribution >= 4 is 38.3 Å². The lowest BCUT2D eigenvalue weighted by Crippen LogP contribution is -2.35. The van der Waals surface area contributed by atoms with Crippen molar-refractivity contribution in [3.63, 3.8) is 0 Å². The lowest BCUT2D eigenvalue weighted by molar-refractivity contribution is -0.117. The summed E-state index contributed by atoms with van der Waals surface area (Å²) in [4.78, 5) is 15.4. The second kappa shape index (κ2) is 5.43. The number of thiazole rings is 1. The van der Waals surface area contributed by atoms with Gasteiger partial charge >= 0.3 is 0 Å². The van der Waals surface area contributed by atoms with Crippen LogP contribution in [-0.4, -0.2) is 16.9 Å². The number of halogens is 1. The average Bonchev–Trinajstić information content (AvgIpc) is 2.51. The van der Waals surface area contributed by atoms with Crippen molar-refractivity contribution in [2.75, 3.05) is 5.32 Å². The first-order chi connectivity index (χ1) is 6.63. The van der Waals surface area contributed by atoms with E-state index in [0.717, 1.165) is 10.2 Å². The zero-order valence-corrected chi connectivity index (χ0v) is 10.2. The molecule has 0 aliphatic heterocycles. The highest BCUT2D eigenvalue weighted by atomic mass is 79.9. The molecule has 0 aliphatic rings. The van der Waals surface area contributed by atoms with Crippen LogP contribution in [0.15, 0.2) is 9.98 Å². The minimum Gasteiger partial charge on any atom is -0.320 e. The molecule has 0 saturated heterocycles. The minimum atomic E-state index is -0.442. The zero-order valence-electron chi connectivity index (χ0n) is 7.79. The predicted octanol–water partition coefficient (Wildman–Crippen LogP) is 1.97. The summed E-state index contributed by atoms with van der Waals surface area (Å²) in [5.74, 6) is -0.172. The second-order valence-corrected chi connectivity index (χ2v) is 5.26. The van der Waals surface area contributed by atoms with Crippen LogP contribution in [0.5, 0.6) is 0 Å². The SMILES string of the molecule is CCC[C@H](N)C(=O)Nc1ncc(Br)s1. The molecule has 1 heterocycles. The highest BCUT2D eigenvalue weighted by Crippen LogP contribution is 2.23. The molecule has 0 spiro atoms. The van der Waals surface area contributed by atoms with E-state index in [1.54, 1.807) is 6.20 Å². The molecule has 1 aromatic rings. The van der Waals surface area contributed by atoms with E-state index < -0.39 is 6.04 Å². The van der Waals surface area contributed by atoms with E-state index in [1.807, 2.05) is 6.92 Å². The Labute approximate surface area is 95.0 Å². The first kappa shape index (κ1) is 11.6. The number of aromatic nitrogens is 1. The fourth-order valence-electron chi connectivity index (χ4n) is 0.952. The third-order valence-electron chi connectivity index (χ3n) is 1.64. The average molecular weight is 278 g/mol. The number of carbonyl (C=O) groups is 1. The Balaban J connectivity index is 2.48. The van der Waals surface area contributed by atoms with Gasteiger partial charge in [-0.25, -0.2) is 4.98 Å². The highest BCUT2D eigenvalue weighted by Gasteiger charge is 2.13. The molecular formula is C8H12BrN3OS. The smallest absolute Gasteiger partial charge is 0.243 e. The summed E-state index contributed by atoms with van der Waals surface area (Å²) < 4.78 is 0.886. The fourth-order valence-corrected chi connectivity index (χ4v) is 2.06. The summed E-state index contributed by atoms with van der Waals surface area (Å²) in [7, 11) is 0. The van der Waals surface area contributed by atoms with Crippen LogP contribution < -0.4 is 11.1 Å². The Hall–Kier alpha value is -0.460. The lowest BCUT2D eigenvalue weighted by Gasteiger charge is -2.08. The normalized spacial score (nSPS) is 12.5. The van der Waals surface area contributed by atoms with Crippen molar-refractivity contribution in [1.82, 2.24) is 4.98 Å². The molecule has 0 fully saturated rings. The van der Waals surface area contributed by atoms with Crippen molar-refractivity contribution in [2.24, 2.45) is 5.73 Å². The molecule has 1 rings (SSSR count). The Kier molecular flexibility index (Phi) is 4.50. The Morgan fingerprint density at radius 3 is 3.07 bits per heavy atom. The molecule has 0 aliphatic carbocycles. The first-order valence-electron chi connectivity index (χ1n) is 4.31. The molecule has 6 heteroatoms. The molecule has 0 saturated carbocycles. The number of amides is 1. The number of nitrogens with two attached hydrogens (primary N) is 1. The Bertz CT molecular complexity index is 315. The van der Waals surface area contributed by atoms with E-state index in [0.29, 0.717) is 11.6 Å². The summed E-state index contributed by atoms with van der Waals surface area (Å²) in [5.41, 5.74) is 5.64. The molecule has 1 amide bonds. The van der Waals surface area contributed by atoms with Crippen molar-refractivity contribution in [2.45, 2.75) is 25.8 Å². The third kappa shape index (κ3) is 3.36. The maximum Gasteiger partial charge on any atom is 0.243 e. The van der Waals surface area contributed by atoms with Gasteiger partial charge in [0, 0.05) is 0 Å². The summed E-state index contributed by atoms with van der Waals surface area (Å²) in [6.45, 7) is 1.99. The predicted molar refractivity (Wildman–Crippen MR) is 61.3 cm³/mol. The van der Waals surface area contributed by atoms with E-state index in [2.05, 4.69) is 26.2 Å². The Morgan fingerprint density at radius 2 is 2.57 bits per heavy atom. The van der Waals surface area contributed by atoms with Crippen LogP contribution in [-0.2, 0) is 4.79 Å². The molecule has 0 unspecified atom stereocenters. The van der Waals surface area contributed by atoms with Gasteiger partial charge in [0.2, 0.25) is 5.91 Å². The van der Waals surface area contributed by atoms with E-state index in [1.165, 1.54) is 11.3 Å². The molecule has 14 heavy (non-hydrogen) atoms. The molecule has 0 radical (unpaired) electrons. The van der Waals surface area contributed by atoms with Crippen molar-refractivity contribution in [1.29, 1.82) is 0 Å². The summed E-state index contributed by atoms with van der Waals surface area (Å²) >= 11 is 4.63. The van der Waals surface area contributed by atoms with Crippen LogP contribution in [0.3, 0.4) is 0 Å². The topological polar surface area (TPSA) is 68.0 Å². The molecule has 1 aromatic heterocycles. The molecule has 1 atom stereocenters. The first-order valence-corrected chi connectivity index (χ1v) is 5.92. The van der Waals surface area contributed by atoms with Crippen LogP contribution in [0.2, 0.25) is 0 Å². The third-order valence-corrected chi connectivity index (χ3v) is 3.04. The lowest BCUT2D eigenvalue weighted by atomic mass is 10.2. The second-order valence-electron chi connectivity index (χ2n) is 2.85. The molecule has 0 aromatic carbocycles. The Morgan fingerprint density at radius 1 is 1.86 bits per heavy atom. The molecule has 4 nitrogen and oxygen atoms in total. The molecule has 0 bridgehead atoms. The van der Waals surface area contributed by atoms with Crippen LogP contribution in [0.25, 0.3) is 0 Å². The van der Waals surface area contributed by atoms with Crippen LogP contribution in [0.4, 0.5) is 5.13 Å². The summed E-state index contributed by atoms with van der Waals surface area (Å²) in [6, 6.07) is -0.442. The number of carbonyl (C=O) groups excluding carboxylic acids is 1. The molecular weight excluding hydrogens is 266 g/mol. The van der Waals surface area contributed by atoms with Gasteiger partial charge in [0.25, 0.3) is 0 Å². The van der Waals surface area contributed by atoms with Crippen molar-refractivity contribution < 1.29 is 4.79 Å². The van der Waals surface area contributed by atoms with E-state index in [4.69, 9.17) is 5.73 Å². The molecule has 78 valence electrons. The zero-order chi connectivity index (χ0) is 10.6. The number of nitrogens with one attached hydrogen (secondary N) is 1. The van der Waals surface area contributed by atoms with Gasteiger partial charge in [-0.3, -0.25) is 4.79 Å². The highest BCUT2D eigenvalue weighted by molar-refractivity contribution is 9.11. The standard InChI is InChI=1S/C8H12BrN3OS/c1-2-3-5(10)7(13)12-8-11-4-6(9)14-8/h4-5H,2-3,10H2,1H3,(H,11,12,13)/t5-/m0/s1. The number of nitrogens with zero attached hydrogens (tertiary/aromatic N) is 1. The summed E-state index contributed by atoms with van der Waals surface area (Å²) in [5, 5.41) is 3.24. The van der Waals surface area contributed by atoms with Gasteiger partial charge in [-0.2, -0.15) is 0 Å². The van der Waals surface area contributed by atoms with Crippen LogP contribution in [0, 0.1) is 0 Å². The maximum absolute atomic E-state index is 11.4.